The summed E-state index contributed by atoms with van der Waals surface area (Å²) < 4.78 is 0. The van der Waals surface area contributed by atoms with Crippen molar-refractivity contribution in [3.8, 4) is 0 Å². The van der Waals surface area contributed by atoms with Crippen LogP contribution in [0.25, 0.3) is 0 Å². The molecule has 2 N–H and O–H groups in total. The van der Waals surface area contributed by atoms with Gasteiger partial charge in [-0.2, -0.15) is 0 Å². The molecule has 0 heterocycles. The molecule has 0 spiro atoms. The van der Waals surface area contributed by atoms with Crippen LogP contribution in [0.5, 0.6) is 0 Å². The van der Waals surface area contributed by atoms with Crippen molar-refractivity contribution in [1.29, 1.82) is 0 Å². The van der Waals surface area contributed by atoms with E-state index in [1.807, 2.05) is 43.0 Å². The number of benzene rings is 1. The molecule has 1 rings (SSSR count). The van der Waals surface area contributed by atoms with Crippen molar-refractivity contribution in [2.75, 3.05) is 25.0 Å². The highest BCUT2D eigenvalue weighted by Gasteiger charge is 2.20. The summed E-state index contributed by atoms with van der Waals surface area (Å²) in [5.74, 6) is 0.0210. The van der Waals surface area contributed by atoms with Crippen LogP contribution in [-0.4, -0.2) is 41.7 Å². The van der Waals surface area contributed by atoms with Gasteiger partial charge in [0.2, 0.25) is 0 Å². The largest absolute Gasteiger partial charge is 0.396 e. The van der Waals surface area contributed by atoms with Crippen molar-refractivity contribution in [2.24, 2.45) is 0 Å². The second kappa shape index (κ2) is 8.59. The summed E-state index contributed by atoms with van der Waals surface area (Å²) in [6.45, 7) is 7.62. The van der Waals surface area contributed by atoms with Crippen LogP contribution in [0.1, 0.15) is 44.0 Å². The number of nitrogens with zero attached hydrogens (tertiary/aromatic N) is 1. The second-order valence-electron chi connectivity index (χ2n) is 5.14. The number of nitrogens with one attached hydrogen (secondary N) is 1. The third kappa shape index (κ3) is 4.53. The van der Waals surface area contributed by atoms with Crippen molar-refractivity contribution in [3.05, 3.63) is 29.8 Å². The summed E-state index contributed by atoms with van der Waals surface area (Å²) in [5, 5.41) is 12.3. The molecule has 0 bridgehead atoms. The molecule has 0 fully saturated rings. The lowest BCUT2D eigenvalue weighted by atomic mass is 10.1. The quantitative estimate of drug-likeness (QED) is 0.769. The summed E-state index contributed by atoms with van der Waals surface area (Å²) >= 11 is 0. The molecule has 0 radical (unpaired) electrons. The molecule has 1 aromatic rings. The van der Waals surface area contributed by atoms with E-state index in [1.165, 1.54) is 0 Å². The number of rotatable bonds is 8. The third-order valence-electron chi connectivity index (χ3n) is 3.16. The lowest BCUT2D eigenvalue weighted by Crippen LogP contribution is -2.38. The minimum atomic E-state index is 0.0210. The molecule has 1 amide bonds. The Morgan fingerprint density at radius 2 is 2.05 bits per heavy atom. The Hall–Kier alpha value is -1.55. The van der Waals surface area contributed by atoms with Gasteiger partial charge in [0.25, 0.3) is 5.91 Å². The topological polar surface area (TPSA) is 52.6 Å². The number of carbonyl (C=O) groups is 1. The van der Waals surface area contributed by atoms with Gasteiger partial charge in [0.15, 0.2) is 0 Å². The standard InChI is InChI=1S/C16H26N2O2/c1-4-10-17-15-9-6-5-8-14(15)16(20)18(13(2)3)11-7-12-19/h5-6,8-9,13,17,19H,4,7,10-12H2,1-3H3. The molecule has 0 aliphatic heterocycles. The lowest BCUT2D eigenvalue weighted by molar-refractivity contribution is 0.0694. The smallest absolute Gasteiger partial charge is 0.256 e. The van der Waals surface area contributed by atoms with E-state index < -0.39 is 0 Å². The minimum Gasteiger partial charge on any atom is -0.396 e. The molecule has 0 aliphatic carbocycles. The van der Waals surface area contributed by atoms with Crippen LogP contribution in [0.2, 0.25) is 0 Å². The molecule has 1 aromatic carbocycles. The average Bonchev–Trinajstić information content (AvgIpc) is 2.45. The second-order valence-corrected chi connectivity index (χ2v) is 5.14. The van der Waals surface area contributed by atoms with E-state index >= 15 is 0 Å². The van der Waals surface area contributed by atoms with Gasteiger partial charge < -0.3 is 15.3 Å². The van der Waals surface area contributed by atoms with Crippen LogP contribution in [0.4, 0.5) is 5.69 Å². The van der Waals surface area contributed by atoms with Crippen molar-refractivity contribution in [2.45, 2.75) is 39.7 Å². The molecule has 0 aromatic heterocycles. The number of aliphatic hydroxyl groups excluding tert-OH is 1. The monoisotopic (exact) mass is 278 g/mol. The maximum absolute atomic E-state index is 12.7. The Morgan fingerprint density at radius 1 is 1.35 bits per heavy atom. The van der Waals surface area contributed by atoms with Gasteiger partial charge in [0, 0.05) is 31.4 Å². The first-order chi connectivity index (χ1) is 9.61. The molecule has 4 nitrogen and oxygen atoms in total. The van der Waals surface area contributed by atoms with Crippen LogP contribution >= 0.6 is 0 Å². The van der Waals surface area contributed by atoms with Gasteiger partial charge in [0.1, 0.15) is 0 Å². The molecule has 0 unspecified atom stereocenters. The predicted molar refractivity (Wildman–Crippen MR) is 83.1 cm³/mol. The van der Waals surface area contributed by atoms with Crippen molar-refractivity contribution < 1.29 is 9.90 Å². The Labute approximate surface area is 121 Å². The van der Waals surface area contributed by atoms with Crippen LogP contribution in [0.15, 0.2) is 24.3 Å². The van der Waals surface area contributed by atoms with E-state index in [0.717, 1.165) is 18.7 Å². The summed E-state index contributed by atoms with van der Waals surface area (Å²) in [6.07, 6.45) is 1.62. The molecule has 0 aliphatic rings. The van der Waals surface area contributed by atoms with Gasteiger partial charge in [-0.15, -0.1) is 0 Å². The first kappa shape index (κ1) is 16.5. The van der Waals surface area contributed by atoms with Crippen LogP contribution in [0.3, 0.4) is 0 Å². The number of carbonyl (C=O) groups excluding carboxylic acids is 1. The Morgan fingerprint density at radius 3 is 2.65 bits per heavy atom. The zero-order valence-corrected chi connectivity index (χ0v) is 12.7. The van der Waals surface area contributed by atoms with Crippen LogP contribution < -0.4 is 5.32 Å². The van der Waals surface area contributed by atoms with Gasteiger partial charge in [0.05, 0.1) is 5.56 Å². The van der Waals surface area contributed by atoms with Gasteiger partial charge >= 0.3 is 0 Å². The van der Waals surface area contributed by atoms with E-state index in [-0.39, 0.29) is 18.6 Å². The maximum atomic E-state index is 12.7. The van der Waals surface area contributed by atoms with Gasteiger partial charge in [-0.05, 0) is 38.8 Å². The maximum Gasteiger partial charge on any atom is 0.256 e. The molecule has 0 saturated heterocycles. The number of hydrogen-bond donors (Lipinski definition) is 2. The number of hydrogen-bond acceptors (Lipinski definition) is 3. The summed E-state index contributed by atoms with van der Waals surface area (Å²) in [5.41, 5.74) is 1.58. The van der Waals surface area contributed by atoms with Gasteiger partial charge in [-0.3, -0.25) is 4.79 Å². The lowest BCUT2D eigenvalue weighted by Gasteiger charge is -2.27. The molecule has 4 heteroatoms. The number of para-hydroxylation sites is 1. The predicted octanol–water partition coefficient (Wildman–Crippen LogP) is 2.74. The third-order valence-corrected chi connectivity index (χ3v) is 3.16. The highest BCUT2D eigenvalue weighted by molar-refractivity contribution is 5.99. The first-order valence-electron chi connectivity index (χ1n) is 7.36. The van der Waals surface area contributed by atoms with Gasteiger partial charge in [-0.1, -0.05) is 19.1 Å². The first-order valence-corrected chi connectivity index (χ1v) is 7.36. The zero-order chi connectivity index (χ0) is 15.0. The van der Waals surface area contributed by atoms with Crippen LogP contribution in [-0.2, 0) is 0 Å². The van der Waals surface area contributed by atoms with E-state index in [4.69, 9.17) is 5.11 Å². The SMILES string of the molecule is CCCNc1ccccc1C(=O)N(CCCO)C(C)C. The minimum absolute atomic E-state index is 0.0210. The number of aliphatic hydroxyl groups is 1. The van der Waals surface area contributed by atoms with E-state index in [1.54, 1.807) is 0 Å². The summed E-state index contributed by atoms with van der Waals surface area (Å²) in [7, 11) is 0. The highest BCUT2D eigenvalue weighted by Crippen LogP contribution is 2.18. The fourth-order valence-electron chi connectivity index (χ4n) is 2.07. The normalized spacial score (nSPS) is 10.7. The van der Waals surface area contributed by atoms with Crippen molar-refractivity contribution in [1.82, 2.24) is 4.90 Å². The van der Waals surface area contributed by atoms with E-state index in [0.29, 0.717) is 18.5 Å². The highest BCUT2D eigenvalue weighted by atomic mass is 16.3. The zero-order valence-electron chi connectivity index (χ0n) is 12.7. The number of amides is 1. The average molecular weight is 278 g/mol. The van der Waals surface area contributed by atoms with Crippen molar-refractivity contribution >= 4 is 11.6 Å². The Bertz CT molecular complexity index is 419. The molecule has 0 saturated carbocycles. The summed E-state index contributed by atoms with van der Waals surface area (Å²) in [6, 6.07) is 7.73. The summed E-state index contributed by atoms with van der Waals surface area (Å²) in [4.78, 5) is 14.5. The van der Waals surface area contributed by atoms with Gasteiger partial charge in [-0.25, -0.2) is 0 Å². The molecule has 112 valence electrons. The fraction of sp³-hybridized carbons (Fsp3) is 0.562. The molecule has 20 heavy (non-hydrogen) atoms. The number of anilines is 1. The molecular formula is C16H26N2O2. The van der Waals surface area contributed by atoms with E-state index in [9.17, 15) is 4.79 Å². The van der Waals surface area contributed by atoms with Crippen molar-refractivity contribution in [3.63, 3.8) is 0 Å². The Kier molecular flexibility index (Phi) is 7.09. The molecule has 0 atom stereocenters. The Balaban J connectivity index is 2.93. The fourth-order valence-corrected chi connectivity index (χ4v) is 2.07. The molecular weight excluding hydrogens is 252 g/mol. The van der Waals surface area contributed by atoms with Crippen LogP contribution in [0, 0.1) is 0 Å². The van der Waals surface area contributed by atoms with E-state index in [2.05, 4.69) is 12.2 Å².